The number of alkyl halides is 2. The first-order valence-corrected chi connectivity index (χ1v) is 4.66. The molecule has 0 amide bonds. The summed E-state index contributed by atoms with van der Waals surface area (Å²) in [6.07, 6.45) is -3.09. The van der Waals surface area contributed by atoms with Gasteiger partial charge in [-0.15, -0.1) is 0 Å². The van der Waals surface area contributed by atoms with Gasteiger partial charge in [-0.1, -0.05) is 15.9 Å². The van der Waals surface area contributed by atoms with Crippen molar-refractivity contribution in [2.75, 3.05) is 5.73 Å². The van der Waals surface area contributed by atoms with Crippen LogP contribution in [0.3, 0.4) is 0 Å². The van der Waals surface area contributed by atoms with Gasteiger partial charge >= 0.3 is 5.97 Å². The minimum Gasteiger partial charge on any atom is -0.481 e. The Hall–Kier alpha value is -1.24. The van der Waals surface area contributed by atoms with Crippen molar-refractivity contribution < 1.29 is 18.7 Å². The van der Waals surface area contributed by atoms with Gasteiger partial charge in [0, 0.05) is 10.0 Å². The third-order valence-electron chi connectivity index (χ3n) is 1.67. The lowest BCUT2D eigenvalue weighted by Gasteiger charge is -2.07. The van der Waals surface area contributed by atoms with E-state index < -0.39 is 18.1 Å². The third-order valence-corrected chi connectivity index (χ3v) is 2.38. The summed E-state index contributed by atoms with van der Waals surface area (Å²) in [6.45, 7) is 0. The largest absolute Gasteiger partial charge is 0.481 e. The zero-order valence-corrected chi connectivity index (χ0v) is 8.96. The Bertz CT molecular complexity index is 375. The molecule has 0 aliphatic carbocycles. The van der Waals surface area contributed by atoms with E-state index in [-0.39, 0.29) is 22.3 Å². The number of pyridine rings is 1. The van der Waals surface area contributed by atoms with Crippen LogP contribution >= 0.6 is 15.9 Å². The van der Waals surface area contributed by atoms with Gasteiger partial charge < -0.3 is 10.8 Å². The first kappa shape index (κ1) is 11.8. The van der Waals surface area contributed by atoms with E-state index in [1.165, 1.54) is 0 Å². The highest BCUT2D eigenvalue weighted by Gasteiger charge is 2.16. The number of nitrogens with zero attached hydrogens (tertiary/aromatic N) is 1. The summed E-state index contributed by atoms with van der Waals surface area (Å²) in [7, 11) is 0. The molecule has 82 valence electrons. The molecule has 0 saturated heterocycles. The minimum atomic E-state index is -2.73. The summed E-state index contributed by atoms with van der Waals surface area (Å²) in [5.74, 6) is -1.30. The van der Waals surface area contributed by atoms with Crippen LogP contribution in [0.15, 0.2) is 10.5 Å². The summed E-state index contributed by atoms with van der Waals surface area (Å²) in [5.41, 5.74) is 5.09. The predicted molar refractivity (Wildman–Crippen MR) is 52.6 cm³/mol. The highest BCUT2D eigenvalue weighted by molar-refractivity contribution is 9.10. The first-order valence-electron chi connectivity index (χ1n) is 3.86. The molecular weight excluding hydrogens is 274 g/mol. The second kappa shape index (κ2) is 4.52. The third kappa shape index (κ3) is 2.85. The molecule has 1 aromatic heterocycles. The molecule has 7 heteroatoms. The van der Waals surface area contributed by atoms with E-state index in [1.807, 2.05) is 0 Å². The topological polar surface area (TPSA) is 76.2 Å². The highest BCUT2D eigenvalue weighted by atomic mass is 79.9. The van der Waals surface area contributed by atoms with Crippen LogP contribution in [0.2, 0.25) is 0 Å². The molecule has 0 aliphatic heterocycles. The summed E-state index contributed by atoms with van der Waals surface area (Å²) in [4.78, 5) is 13.9. The normalized spacial score (nSPS) is 10.7. The fourth-order valence-corrected chi connectivity index (χ4v) is 1.59. The van der Waals surface area contributed by atoms with Crippen LogP contribution in [0.1, 0.15) is 17.7 Å². The van der Waals surface area contributed by atoms with Gasteiger partial charge in [0.05, 0.1) is 6.42 Å². The quantitative estimate of drug-likeness (QED) is 0.888. The number of rotatable bonds is 3. The Kier molecular flexibility index (Phi) is 3.57. The van der Waals surface area contributed by atoms with Gasteiger partial charge in [0.1, 0.15) is 11.5 Å². The highest BCUT2D eigenvalue weighted by Crippen LogP contribution is 2.27. The summed E-state index contributed by atoms with van der Waals surface area (Å²) >= 11 is 2.98. The van der Waals surface area contributed by atoms with Crippen molar-refractivity contribution in [1.29, 1.82) is 0 Å². The Labute approximate surface area is 92.2 Å². The van der Waals surface area contributed by atoms with Crippen molar-refractivity contribution in [3.05, 3.63) is 21.8 Å². The number of aliphatic carboxylic acids is 1. The molecule has 0 bridgehead atoms. The van der Waals surface area contributed by atoms with Crippen LogP contribution in [0.4, 0.5) is 14.6 Å². The summed E-state index contributed by atoms with van der Waals surface area (Å²) in [6, 6.07) is 1.07. The average molecular weight is 281 g/mol. The van der Waals surface area contributed by atoms with Crippen molar-refractivity contribution in [3.63, 3.8) is 0 Å². The van der Waals surface area contributed by atoms with E-state index in [4.69, 9.17) is 10.8 Å². The van der Waals surface area contributed by atoms with Gasteiger partial charge in [-0.3, -0.25) is 4.79 Å². The minimum absolute atomic E-state index is 0.193. The van der Waals surface area contributed by atoms with Crippen molar-refractivity contribution in [3.8, 4) is 0 Å². The number of halogens is 3. The summed E-state index contributed by atoms with van der Waals surface area (Å²) < 4.78 is 24.8. The maximum atomic E-state index is 12.3. The van der Waals surface area contributed by atoms with Crippen LogP contribution in [-0.2, 0) is 11.2 Å². The monoisotopic (exact) mass is 280 g/mol. The average Bonchev–Trinajstić information content (AvgIpc) is 2.10. The fraction of sp³-hybridized carbons (Fsp3) is 0.250. The first-order chi connectivity index (χ1) is 6.91. The SMILES string of the molecule is Nc1nc(C(F)F)cc(Br)c1CC(=O)O. The Morgan fingerprint density at radius 1 is 1.67 bits per heavy atom. The van der Waals surface area contributed by atoms with Gasteiger partial charge in [0.25, 0.3) is 6.43 Å². The Morgan fingerprint density at radius 3 is 2.67 bits per heavy atom. The number of carbonyl (C=O) groups is 1. The molecule has 0 saturated carbocycles. The lowest BCUT2D eigenvalue weighted by molar-refractivity contribution is -0.136. The van der Waals surface area contributed by atoms with E-state index in [1.54, 1.807) is 0 Å². The van der Waals surface area contributed by atoms with Crippen LogP contribution in [0.5, 0.6) is 0 Å². The molecule has 0 spiro atoms. The van der Waals surface area contributed by atoms with Crippen molar-refractivity contribution in [2.24, 2.45) is 0 Å². The zero-order chi connectivity index (χ0) is 11.6. The molecule has 0 fully saturated rings. The predicted octanol–water partition coefficient (Wildman–Crippen LogP) is 1.99. The van der Waals surface area contributed by atoms with E-state index in [0.717, 1.165) is 6.07 Å². The zero-order valence-electron chi connectivity index (χ0n) is 7.38. The molecule has 0 atom stereocenters. The van der Waals surface area contributed by atoms with Gasteiger partial charge in [0.2, 0.25) is 0 Å². The number of hydrogen-bond acceptors (Lipinski definition) is 3. The number of carboxylic acids is 1. The van der Waals surface area contributed by atoms with Gasteiger partial charge in [0.15, 0.2) is 0 Å². The molecule has 1 heterocycles. The molecule has 1 rings (SSSR count). The standard InChI is InChI=1S/C8H7BrF2N2O2/c9-4-2-5(7(10)11)13-8(12)3(4)1-6(14)15/h2,7H,1H2,(H2,12,13)(H,14,15). The second-order valence-corrected chi connectivity index (χ2v) is 3.62. The van der Waals surface area contributed by atoms with E-state index in [9.17, 15) is 13.6 Å². The van der Waals surface area contributed by atoms with Crippen LogP contribution in [0.25, 0.3) is 0 Å². The Morgan fingerprint density at radius 2 is 2.27 bits per heavy atom. The number of anilines is 1. The van der Waals surface area contributed by atoms with Crippen molar-refractivity contribution >= 4 is 27.7 Å². The molecule has 0 aromatic carbocycles. The molecule has 0 aliphatic rings. The molecular formula is C8H7BrF2N2O2. The van der Waals surface area contributed by atoms with E-state index in [0.29, 0.717) is 0 Å². The van der Waals surface area contributed by atoms with Crippen LogP contribution < -0.4 is 5.73 Å². The van der Waals surface area contributed by atoms with Gasteiger partial charge in [-0.25, -0.2) is 13.8 Å². The van der Waals surface area contributed by atoms with Gasteiger partial charge in [-0.05, 0) is 6.07 Å². The molecule has 1 aromatic rings. The van der Waals surface area contributed by atoms with E-state index >= 15 is 0 Å². The fourth-order valence-electron chi connectivity index (χ4n) is 1.02. The lowest BCUT2D eigenvalue weighted by Crippen LogP contribution is -2.08. The van der Waals surface area contributed by atoms with Crippen LogP contribution in [-0.4, -0.2) is 16.1 Å². The van der Waals surface area contributed by atoms with Crippen LogP contribution in [0, 0.1) is 0 Å². The number of carboxylic acid groups (broad SMARTS) is 1. The van der Waals surface area contributed by atoms with Gasteiger partial charge in [-0.2, -0.15) is 0 Å². The molecule has 15 heavy (non-hydrogen) atoms. The molecule has 0 radical (unpaired) electrons. The smallest absolute Gasteiger partial charge is 0.308 e. The number of aromatic nitrogens is 1. The maximum Gasteiger partial charge on any atom is 0.308 e. The lowest BCUT2D eigenvalue weighted by atomic mass is 10.1. The number of nitrogens with two attached hydrogens (primary N) is 1. The van der Waals surface area contributed by atoms with Crippen molar-refractivity contribution in [2.45, 2.75) is 12.8 Å². The molecule has 0 unspecified atom stereocenters. The summed E-state index contributed by atoms with van der Waals surface area (Å²) in [5, 5.41) is 8.54. The van der Waals surface area contributed by atoms with Crippen molar-refractivity contribution in [1.82, 2.24) is 4.98 Å². The maximum absolute atomic E-state index is 12.3. The van der Waals surface area contributed by atoms with E-state index in [2.05, 4.69) is 20.9 Å². The molecule has 3 N–H and O–H groups in total. The number of hydrogen-bond donors (Lipinski definition) is 2. The Balaban J connectivity index is 3.15. The molecule has 4 nitrogen and oxygen atoms in total. The number of nitrogen functional groups attached to an aromatic ring is 1. The second-order valence-electron chi connectivity index (χ2n) is 2.76.